The second kappa shape index (κ2) is 4.21. The lowest BCUT2D eigenvalue weighted by atomic mass is 10.1. The molecule has 0 radical (unpaired) electrons. The fourth-order valence-corrected chi connectivity index (χ4v) is 1.51. The van der Waals surface area contributed by atoms with Crippen LogP contribution >= 0.6 is 15.9 Å². The summed E-state index contributed by atoms with van der Waals surface area (Å²) in [5.41, 5.74) is 0.0697. The molecule has 0 saturated heterocycles. The minimum absolute atomic E-state index is 0.109. The van der Waals surface area contributed by atoms with Crippen LogP contribution in [0.1, 0.15) is 0 Å². The summed E-state index contributed by atoms with van der Waals surface area (Å²) in [5, 5.41) is 0. The molecule has 2 rings (SSSR count). The van der Waals surface area contributed by atoms with Gasteiger partial charge >= 0.3 is 0 Å². The lowest BCUT2D eigenvalue weighted by Crippen LogP contribution is -1.93. The topological polar surface area (TPSA) is 25.8 Å². The summed E-state index contributed by atoms with van der Waals surface area (Å²) in [4.78, 5) is 7.52. The van der Waals surface area contributed by atoms with Crippen LogP contribution < -0.4 is 0 Å². The van der Waals surface area contributed by atoms with Crippen LogP contribution in [0.4, 0.5) is 13.2 Å². The Morgan fingerprint density at radius 1 is 0.875 bits per heavy atom. The minimum Gasteiger partial charge on any atom is -0.236 e. The van der Waals surface area contributed by atoms with Gasteiger partial charge in [0.15, 0.2) is 11.6 Å². The van der Waals surface area contributed by atoms with Crippen molar-refractivity contribution < 1.29 is 13.2 Å². The Morgan fingerprint density at radius 3 is 2.25 bits per heavy atom. The SMILES string of the molecule is Fc1cc(F)c(-c2cc(Br)ncn2)cc1F. The Bertz CT molecular complexity index is 546. The molecule has 0 unspecified atom stereocenters. The molecule has 0 atom stereocenters. The smallest absolute Gasteiger partial charge is 0.161 e. The van der Waals surface area contributed by atoms with Crippen LogP contribution in [-0.2, 0) is 0 Å². The van der Waals surface area contributed by atoms with Crippen LogP contribution in [0, 0.1) is 17.5 Å². The quantitative estimate of drug-likeness (QED) is 0.594. The summed E-state index contributed by atoms with van der Waals surface area (Å²) in [7, 11) is 0. The molecule has 82 valence electrons. The molecule has 16 heavy (non-hydrogen) atoms. The molecule has 0 aliphatic rings. The van der Waals surface area contributed by atoms with Crippen molar-refractivity contribution in [1.82, 2.24) is 9.97 Å². The van der Waals surface area contributed by atoms with Gasteiger partial charge in [0, 0.05) is 11.6 Å². The second-order valence-corrected chi connectivity index (χ2v) is 3.78. The van der Waals surface area contributed by atoms with E-state index in [1.807, 2.05) is 0 Å². The van der Waals surface area contributed by atoms with Gasteiger partial charge in [-0.05, 0) is 28.1 Å². The van der Waals surface area contributed by atoms with Gasteiger partial charge in [-0.1, -0.05) is 0 Å². The van der Waals surface area contributed by atoms with Gasteiger partial charge in [0.1, 0.15) is 16.7 Å². The van der Waals surface area contributed by atoms with E-state index >= 15 is 0 Å². The Labute approximate surface area is 97.3 Å². The van der Waals surface area contributed by atoms with Gasteiger partial charge in [0.25, 0.3) is 0 Å². The van der Waals surface area contributed by atoms with E-state index in [0.29, 0.717) is 10.7 Å². The van der Waals surface area contributed by atoms with Crippen molar-refractivity contribution in [3.05, 3.63) is 46.6 Å². The first kappa shape index (κ1) is 11.1. The monoisotopic (exact) mass is 288 g/mol. The van der Waals surface area contributed by atoms with Crippen molar-refractivity contribution in [1.29, 1.82) is 0 Å². The molecule has 0 saturated carbocycles. The molecule has 0 fully saturated rings. The van der Waals surface area contributed by atoms with Crippen LogP contribution in [0.15, 0.2) is 29.1 Å². The summed E-state index contributed by atoms with van der Waals surface area (Å²) in [6.07, 6.45) is 1.19. The van der Waals surface area contributed by atoms with Crippen molar-refractivity contribution >= 4 is 15.9 Å². The summed E-state index contributed by atoms with van der Waals surface area (Å²) < 4.78 is 39.4. The van der Waals surface area contributed by atoms with E-state index < -0.39 is 17.5 Å². The zero-order chi connectivity index (χ0) is 11.7. The number of halogens is 4. The number of nitrogens with zero attached hydrogens (tertiary/aromatic N) is 2. The highest BCUT2D eigenvalue weighted by Crippen LogP contribution is 2.24. The van der Waals surface area contributed by atoms with Crippen molar-refractivity contribution in [3.8, 4) is 11.3 Å². The van der Waals surface area contributed by atoms with Crippen LogP contribution in [-0.4, -0.2) is 9.97 Å². The first-order chi connectivity index (χ1) is 7.58. The predicted octanol–water partition coefficient (Wildman–Crippen LogP) is 3.32. The van der Waals surface area contributed by atoms with Gasteiger partial charge in [-0.2, -0.15) is 0 Å². The number of rotatable bonds is 1. The highest BCUT2D eigenvalue weighted by atomic mass is 79.9. The van der Waals surface area contributed by atoms with Crippen LogP contribution in [0.5, 0.6) is 0 Å². The van der Waals surface area contributed by atoms with Gasteiger partial charge in [-0.3, -0.25) is 0 Å². The van der Waals surface area contributed by atoms with Crippen LogP contribution in [0.3, 0.4) is 0 Å². The zero-order valence-corrected chi connectivity index (χ0v) is 9.30. The van der Waals surface area contributed by atoms with Crippen molar-refractivity contribution in [2.45, 2.75) is 0 Å². The lowest BCUT2D eigenvalue weighted by Gasteiger charge is -2.03. The van der Waals surface area contributed by atoms with E-state index in [1.54, 1.807) is 0 Å². The first-order valence-electron chi connectivity index (χ1n) is 4.20. The molecule has 0 bridgehead atoms. The molecular formula is C10H4BrF3N2. The number of benzene rings is 1. The number of aromatic nitrogens is 2. The highest BCUT2D eigenvalue weighted by Gasteiger charge is 2.12. The normalized spacial score (nSPS) is 10.5. The maximum atomic E-state index is 13.4. The molecule has 1 aromatic carbocycles. The second-order valence-electron chi connectivity index (χ2n) is 2.97. The van der Waals surface area contributed by atoms with Crippen LogP contribution in [0.2, 0.25) is 0 Å². The zero-order valence-electron chi connectivity index (χ0n) is 7.72. The van der Waals surface area contributed by atoms with E-state index in [9.17, 15) is 13.2 Å². The molecule has 0 spiro atoms. The Morgan fingerprint density at radius 2 is 1.56 bits per heavy atom. The lowest BCUT2D eigenvalue weighted by molar-refractivity contribution is 0.496. The Balaban J connectivity index is 2.60. The van der Waals surface area contributed by atoms with Crippen molar-refractivity contribution in [2.24, 2.45) is 0 Å². The third kappa shape index (κ3) is 2.06. The Kier molecular flexibility index (Phi) is 2.91. The average molecular weight is 289 g/mol. The molecule has 2 aromatic rings. The first-order valence-corrected chi connectivity index (χ1v) is 4.99. The third-order valence-electron chi connectivity index (χ3n) is 1.92. The molecular weight excluding hydrogens is 285 g/mol. The van der Waals surface area contributed by atoms with Gasteiger partial charge < -0.3 is 0 Å². The third-order valence-corrected chi connectivity index (χ3v) is 2.35. The average Bonchev–Trinajstić information content (AvgIpc) is 2.23. The summed E-state index contributed by atoms with van der Waals surface area (Å²) in [5.74, 6) is -3.22. The van der Waals surface area contributed by atoms with E-state index in [2.05, 4.69) is 25.9 Å². The van der Waals surface area contributed by atoms with Gasteiger partial charge in [-0.25, -0.2) is 23.1 Å². The summed E-state index contributed by atoms with van der Waals surface area (Å²) >= 11 is 3.08. The standard InChI is InChI=1S/C10H4BrF3N2/c11-10-3-9(15-4-16-10)5-1-7(13)8(14)2-6(5)12/h1-4H. The van der Waals surface area contributed by atoms with Gasteiger partial charge in [-0.15, -0.1) is 0 Å². The molecule has 0 amide bonds. The van der Waals surface area contributed by atoms with E-state index in [1.165, 1.54) is 12.4 Å². The molecule has 1 aromatic heterocycles. The molecule has 2 nitrogen and oxygen atoms in total. The van der Waals surface area contributed by atoms with Gasteiger partial charge in [0.05, 0.1) is 5.69 Å². The molecule has 0 N–H and O–H groups in total. The minimum atomic E-state index is -1.23. The molecule has 0 aliphatic carbocycles. The van der Waals surface area contributed by atoms with E-state index in [0.717, 1.165) is 6.07 Å². The maximum absolute atomic E-state index is 13.4. The summed E-state index contributed by atoms with van der Waals surface area (Å²) in [6.45, 7) is 0. The maximum Gasteiger partial charge on any atom is 0.161 e. The molecule has 6 heteroatoms. The van der Waals surface area contributed by atoms with Crippen LogP contribution in [0.25, 0.3) is 11.3 Å². The van der Waals surface area contributed by atoms with Gasteiger partial charge in [0.2, 0.25) is 0 Å². The fraction of sp³-hybridized carbons (Fsp3) is 0. The largest absolute Gasteiger partial charge is 0.236 e. The Hall–Kier alpha value is -1.43. The highest BCUT2D eigenvalue weighted by molar-refractivity contribution is 9.10. The number of hydrogen-bond donors (Lipinski definition) is 0. The van der Waals surface area contributed by atoms with E-state index in [-0.39, 0.29) is 11.3 Å². The molecule has 1 heterocycles. The molecule has 0 aliphatic heterocycles. The number of hydrogen-bond acceptors (Lipinski definition) is 2. The fourth-order valence-electron chi connectivity index (χ4n) is 1.20. The van der Waals surface area contributed by atoms with Crippen molar-refractivity contribution in [2.75, 3.05) is 0 Å². The van der Waals surface area contributed by atoms with E-state index in [4.69, 9.17) is 0 Å². The predicted molar refractivity (Wildman–Crippen MR) is 55.0 cm³/mol. The van der Waals surface area contributed by atoms with Crippen molar-refractivity contribution in [3.63, 3.8) is 0 Å². The summed E-state index contributed by atoms with van der Waals surface area (Å²) in [6, 6.07) is 2.66.